The van der Waals surface area contributed by atoms with Crippen LogP contribution in [0.5, 0.6) is 0 Å². The lowest BCUT2D eigenvalue weighted by atomic mass is 10.2. The zero-order valence-corrected chi connectivity index (χ0v) is 14.9. The number of likely N-dealkylation sites (N-methyl/N-ethyl adjacent to an activating group) is 1. The van der Waals surface area contributed by atoms with Gasteiger partial charge in [0.25, 0.3) is 0 Å². The highest BCUT2D eigenvalue weighted by molar-refractivity contribution is 7.89. The molecule has 0 aliphatic heterocycles. The Morgan fingerprint density at radius 3 is 2.45 bits per heavy atom. The van der Waals surface area contributed by atoms with Gasteiger partial charge in [-0.15, -0.1) is 22.9 Å². The fourth-order valence-corrected chi connectivity index (χ4v) is 5.09. The van der Waals surface area contributed by atoms with Crippen LogP contribution in [0.4, 0.5) is 0 Å². The monoisotopic (exact) mass is 338 g/mol. The van der Waals surface area contributed by atoms with E-state index in [0.29, 0.717) is 29.4 Å². The van der Waals surface area contributed by atoms with Crippen molar-refractivity contribution < 1.29 is 8.42 Å². The summed E-state index contributed by atoms with van der Waals surface area (Å²) in [4.78, 5) is 3.06. The van der Waals surface area contributed by atoms with E-state index in [1.807, 2.05) is 32.8 Å². The van der Waals surface area contributed by atoms with Crippen molar-refractivity contribution in [3.63, 3.8) is 0 Å². The molecular weight excluding hydrogens is 316 g/mol. The normalized spacial score (nSPS) is 12.8. The smallest absolute Gasteiger partial charge is 0.244 e. The Balaban J connectivity index is 3.04. The van der Waals surface area contributed by atoms with E-state index in [9.17, 15) is 8.42 Å². The lowest BCUT2D eigenvalue weighted by Gasteiger charge is -2.25. The predicted octanol–water partition coefficient (Wildman–Crippen LogP) is 2.70. The fourth-order valence-electron chi connectivity index (χ4n) is 1.82. The van der Waals surface area contributed by atoms with Gasteiger partial charge < -0.3 is 4.90 Å². The molecule has 0 saturated carbocycles. The minimum absolute atomic E-state index is 0.232. The molecule has 1 aromatic rings. The van der Waals surface area contributed by atoms with Crippen LogP contribution >= 0.6 is 22.9 Å². The summed E-state index contributed by atoms with van der Waals surface area (Å²) < 4.78 is 27.1. The number of alkyl halides is 1. The van der Waals surface area contributed by atoms with Crippen LogP contribution in [-0.2, 0) is 15.9 Å². The van der Waals surface area contributed by atoms with Crippen LogP contribution in [0.25, 0.3) is 0 Å². The van der Waals surface area contributed by atoms with Crippen LogP contribution in [0.2, 0.25) is 0 Å². The molecule has 1 heterocycles. The maximum Gasteiger partial charge on any atom is 0.244 e. The molecule has 4 nitrogen and oxygen atoms in total. The molecule has 0 bridgehead atoms. The summed E-state index contributed by atoms with van der Waals surface area (Å²) in [6, 6.07) is 1.65. The van der Waals surface area contributed by atoms with Crippen molar-refractivity contribution in [2.24, 2.45) is 5.92 Å². The number of rotatable bonds is 8. The Kier molecular flexibility index (Phi) is 6.94. The standard InChI is InChI=1S/C13H23ClN2O2S2/c1-11(2)10-16(7-6-15(3)4)20(17,18)13-5-8-19-12(13)9-14/h5,8,11H,6-7,9-10H2,1-4H3. The molecular formula is C13H23ClN2O2S2. The van der Waals surface area contributed by atoms with Crippen LogP contribution in [0.15, 0.2) is 16.3 Å². The Morgan fingerprint density at radius 2 is 1.95 bits per heavy atom. The van der Waals surface area contributed by atoms with E-state index in [-0.39, 0.29) is 11.8 Å². The van der Waals surface area contributed by atoms with Gasteiger partial charge >= 0.3 is 0 Å². The summed E-state index contributed by atoms with van der Waals surface area (Å²) >= 11 is 7.23. The zero-order chi connectivity index (χ0) is 15.3. The van der Waals surface area contributed by atoms with Gasteiger partial charge in [-0.2, -0.15) is 4.31 Å². The third-order valence-corrected chi connectivity index (χ3v) is 6.23. The van der Waals surface area contributed by atoms with Crippen LogP contribution in [0.3, 0.4) is 0 Å². The van der Waals surface area contributed by atoms with Crippen molar-refractivity contribution in [3.8, 4) is 0 Å². The first-order valence-electron chi connectivity index (χ1n) is 6.56. The minimum atomic E-state index is -3.46. The average molecular weight is 339 g/mol. The molecule has 0 amide bonds. The number of hydrogen-bond donors (Lipinski definition) is 0. The lowest BCUT2D eigenvalue weighted by Crippen LogP contribution is -2.39. The average Bonchev–Trinajstić information content (AvgIpc) is 2.82. The molecule has 0 fully saturated rings. The molecule has 0 aliphatic rings. The summed E-state index contributed by atoms with van der Waals surface area (Å²) in [6.45, 7) is 5.76. The topological polar surface area (TPSA) is 40.6 Å². The van der Waals surface area contributed by atoms with Gasteiger partial charge in [-0.1, -0.05) is 13.8 Å². The third-order valence-electron chi connectivity index (χ3n) is 2.81. The second kappa shape index (κ2) is 7.75. The lowest BCUT2D eigenvalue weighted by molar-refractivity contribution is 0.312. The Labute approximate surface area is 131 Å². The molecule has 1 rings (SSSR count). The Bertz CT molecular complexity index is 512. The maximum absolute atomic E-state index is 12.8. The Hall–Kier alpha value is -0.140. The highest BCUT2D eigenvalue weighted by atomic mass is 35.5. The molecule has 0 N–H and O–H groups in total. The van der Waals surface area contributed by atoms with Crippen LogP contribution in [0, 0.1) is 5.92 Å². The second-order valence-corrected chi connectivity index (χ2v) is 8.58. The van der Waals surface area contributed by atoms with Crippen molar-refractivity contribution in [2.75, 3.05) is 33.7 Å². The van der Waals surface area contributed by atoms with Gasteiger partial charge in [-0.25, -0.2) is 8.42 Å². The molecule has 1 aromatic heterocycles. The molecule has 0 aromatic carbocycles. The third kappa shape index (κ3) is 4.70. The molecule has 0 radical (unpaired) electrons. The number of nitrogens with zero attached hydrogens (tertiary/aromatic N) is 2. The number of halogens is 1. The predicted molar refractivity (Wildman–Crippen MR) is 86.0 cm³/mol. The van der Waals surface area contributed by atoms with Crippen molar-refractivity contribution >= 4 is 33.0 Å². The Morgan fingerprint density at radius 1 is 1.30 bits per heavy atom. The molecule has 0 spiro atoms. The van der Waals surface area contributed by atoms with Crippen molar-refractivity contribution in [2.45, 2.75) is 24.6 Å². The molecule has 116 valence electrons. The molecule has 20 heavy (non-hydrogen) atoms. The van der Waals surface area contributed by atoms with Crippen molar-refractivity contribution in [1.82, 2.24) is 9.21 Å². The SMILES string of the molecule is CC(C)CN(CCN(C)C)S(=O)(=O)c1ccsc1CCl. The van der Waals surface area contributed by atoms with Crippen LogP contribution in [0.1, 0.15) is 18.7 Å². The summed E-state index contributed by atoms with van der Waals surface area (Å²) in [5.41, 5.74) is 0. The van der Waals surface area contributed by atoms with Gasteiger partial charge in [0, 0.05) is 24.5 Å². The van der Waals surface area contributed by atoms with E-state index in [2.05, 4.69) is 0 Å². The summed E-state index contributed by atoms with van der Waals surface area (Å²) in [5.74, 6) is 0.514. The van der Waals surface area contributed by atoms with Crippen molar-refractivity contribution in [1.29, 1.82) is 0 Å². The van der Waals surface area contributed by atoms with E-state index in [4.69, 9.17) is 11.6 Å². The van der Waals surface area contributed by atoms with Gasteiger partial charge in [-0.3, -0.25) is 0 Å². The first kappa shape index (κ1) is 17.9. The van der Waals surface area contributed by atoms with E-state index < -0.39 is 10.0 Å². The second-order valence-electron chi connectivity index (χ2n) is 5.40. The van der Waals surface area contributed by atoms with Gasteiger partial charge in [0.1, 0.15) is 0 Å². The molecule has 0 saturated heterocycles. The van der Waals surface area contributed by atoms with E-state index in [1.54, 1.807) is 15.8 Å². The highest BCUT2D eigenvalue weighted by Gasteiger charge is 2.27. The van der Waals surface area contributed by atoms with E-state index in [0.717, 1.165) is 0 Å². The van der Waals surface area contributed by atoms with Crippen LogP contribution in [-0.4, -0.2) is 51.4 Å². The number of hydrogen-bond acceptors (Lipinski definition) is 4. The first-order valence-corrected chi connectivity index (χ1v) is 9.41. The van der Waals surface area contributed by atoms with Crippen molar-refractivity contribution in [3.05, 3.63) is 16.3 Å². The molecule has 0 aliphatic carbocycles. The zero-order valence-electron chi connectivity index (χ0n) is 12.5. The number of sulfonamides is 1. The summed E-state index contributed by atoms with van der Waals surface area (Å²) in [6.07, 6.45) is 0. The largest absolute Gasteiger partial charge is 0.308 e. The molecule has 0 unspecified atom stereocenters. The van der Waals surface area contributed by atoms with Gasteiger partial charge in [0.05, 0.1) is 10.8 Å². The fraction of sp³-hybridized carbons (Fsp3) is 0.692. The van der Waals surface area contributed by atoms with E-state index in [1.165, 1.54) is 11.3 Å². The van der Waals surface area contributed by atoms with Gasteiger partial charge in [-0.05, 0) is 31.5 Å². The molecule has 0 atom stereocenters. The first-order chi connectivity index (χ1) is 9.28. The highest BCUT2D eigenvalue weighted by Crippen LogP contribution is 2.27. The summed E-state index contributed by atoms with van der Waals surface area (Å²) in [5, 5.41) is 1.78. The maximum atomic E-state index is 12.8. The van der Waals surface area contributed by atoms with Gasteiger partial charge in [0.15, 0.2) is 0 Å². The van der Waals surface area contributed by atoms with E-state index >= 15 is 0 Å². The molecule has 7 heteroatoms. The summed E-state index contributed by atoms with van der Waals surface area (Å²) in [7, 11) is 0.420. The minimum Gasteiger partial charge on any atom is -0.308 e. The van der Waals surface area contributed by atoms with Gasteiger partial charge in [0.2, 0.25) is 10.0 Å². The van der Waals surface area contributed by atoms with Crippen LogP contribution < -0.4 is 0 Å². The number of thiophene rings is 1. The quantitative estimate of drug-likeness (QED) is 0.684.